The van der Waals surface area contributed by atoms with Crippen LogP contribution >= 0.6 is 0 Å². The highest BCUT2D eigenvalue weighted by molar-refractivity contribution is 6.43. The Kier molecular flexibility index (Phi) is 5.01. The van der Waals surface area contributed by atoms with E-state index in [4.69, 9.17) is 0 Å². The summed E-state index contributed by atoms with van der Waals surface area (Å²) in [5.74, 6) is -2.74. The SMILES string of the molecule is O=C(Nc1ccccc1[N+](=O)[O-])C(=O)Nc1ccccc1C(F)(F)F. The lowest BCUT2D eigenvalue weighted by atomic mass is 10.1. The van der Waals surface area contributed by atoms with Gasteiger partial charge in [0, 0.05) is 6.07 Å². The summed E-state index contributed by atoms with van der Waals surface area (Å²) in [6, 6.07) is 9.15. The summed E-state index contributed by atoms with van der Waals surface area (Å²) in [7, 11) is 0. The maximum atomic E-state index is 12.9. The first-order chi connectivity index (χ1) is 11.7. The third-order valence-electron chi connectivity index (χ3n) is 3.04. The average molecular weight is 353 g/mol. The van der Waals surface area contributed by atoms with Crippen LogP contribution in [0, 0.1) is 10.1 Å². The van der Waals surface area contributed by atoms with Crippen molar-refractivity contribution in [3.63, 3.8) is 0 Å². The van der Waals surface area contributed by atoms with Gasteiger partial charge in [0.2, 0.25) is 0 Å². The van der Waals surface area contributed by atoms with E-state index >= 15 is 0 Å². The summed E-state index contributed by atoms with van der Waals surface area (Å²) in [4.78, 5) is 33.7. The van der Waals surface area contributed by atoms with Crippen molar-refractivity contribution in [3.8, 4) is 0 Å². The molecular weight excluding hydrogens is 343 g/mol. The number of nitro benzene ring substituents is 1. The number of alkyl halides is 3. The topological polar surface area (TPSA) is 101 Å². The minimum Gasteiger partial charge on any atom is -0.317 e. The molecule has 2 amide bonds. The van der Waals surface area contributed by atoms with Crippen molar-refractivity contribution in [2.45, 2.75) is 6.18 Å². The summed E-state index contributed by atoms with van der Waals surface area (Å²) in [6.45, 7) is 0. The quantitative estimate of drug-likeness (QED) is 0.503. The van der Waals surface area contributed by atoms with E-state index in [1.807, 2.05) is 10.6 Å². The van der Waals surface area contributed by atoms with Crippen LogP contribution in [0.2, 0.25) is 0 Å². The summed E-state index contributed by atoms with van der Waals surface area (Å²) in [5, 5.41) is 14.7. The molecule has 10 heteroatoms. The van der Waals surface area contributed by atoms with Crippen LogP contribution in [0.15, 0.2) is 48.5 Å². The zero-order valence-electron chi connectivity index (χ0n) is 12.3. The number of para-hydroxylation sites is 3. The van der Waals surface area contributed by atoms with Crippen LogP contribution in [0.25, 0.3) is 0 Å². The number of amides is 2. The fourth-order valence-electron chi connectivity index (χ4n) is 1.94. The molecule has 0 saturated carbocycles. The Labute approximate surface area is 138 Å². The number of halogens is 3. The number of hydrogen-bond acceptors (Lipinski definition) is 4. The molecule has 2 aromatic rings. The fraction of sp³-hybridized carbons (Fsp3) is 0.0667. The van der Waals surface area contributed by atoms with Gasteiger partial charge in [0.15, 0.2) is 0 Å². The Balaban J connectivity index is 2.18. The number of hydrogen-bond donors (Lipinski definition) is 2. The van der Waals surface area contributed by atoms with E-state index in [0.717, 1.165) is 24.3 Å². The van der Waals surface area contributed by atoms with E-state index in [0.29, 0.717) is 0 Å². The van der Waals surface area contributed by atoms with Crippen LogP contribution in [0.4, 0.5) is 30.2 Å². The van der Waals surface area contributed by atoms with Gasteiger partial charge in [-0.3, -0.25) is 19.7 Å². The van der Waals surface area contributed by atoms with Crippen molar-refractivity contribution >= 4 is 28.9 Å². The van der Waals surface area contributed by atoms with E-state index in [9.17, 15) is 32.9 Å². The standard InChI is InChI=1S/C15H10F3N3O4/c16-15(17,18)9-5-1-2-6-10(9)19-13(22)14(23)20-11-7-3-4-8-12(11)21(24)25/h1-8H,(H,19,22)(H,20,23). The Hall–Kier alpha value is -3.43. The van der Waals surface area contributed by atoms with Gasteiger partial charge in [0.1, 0.15) is 5.69 Å². The minimum absolute atomic E-state index is 0.253. The normalized spacial score (nSPS) is 10.8. The molecule has 0 aliphatic rings. The van der Waals surface area contributed by atoms with Crippen LogP contribution in [0.5, 0.6) is 0 Å². The predicted molar refractivity (Wildman–Crippen MR) is 81.8 cm³/mol. The molecule has 0 aromatic heterocycles. The van der Waals surface area contributed by atoms with Crippen molar-refractivity contribution in [3.05, 3.63) is 64.2 Å². The van der Waals surface area contributed by atoms with E-state index < -0.39 is 39.9 Å². The van der Waals surface area contributed by atoms with Gasteiger partial charge in [-0.15, -0.1) is 0 Å². The van der Waals surface area contributed by atoms with Crippen molar-refractivity contribution in [2.75, 3.05) is 10.6 Å². The molecule has 0 radical (unpaired) electrons. The summed E-state index contributed by atoms with van der Waals surface area (Å²) in [6.07, 6.45) is -4.72. The molecule has 0 fully saturated rings. The Bertz CT molecular complexity index is 837. The molecular formula is C15H10F3N3O4. The average Bonchev–Trinajstić information content (AvgIpc) is 2.54. The van der Waals surface area contributed by atoms with Gasteiger partial charge in [-0.05, 0) is 18.2 Å². The van der Waals surface area contributed by atoms with Crippen molar-refractivity contribution < 1.29 is 27.7 Å². The highest BCUT2D eigenvalue weighted by Crippen LogP contribution is 2.34. The van der Waals surface area contributed by atoms with E-state index in [-0.39, 0.29) is 5.69 Å². The molecule has 25 heavy (non-hydrogen) atoms. The van der Waals surface area contributed by atoms with Crippen LogP contribution in [0.1, 0.15) is 5.56 Å². The fourth-order valence-corrected chi connectivity index (χ4v) is 1.94. The Morgan fingerprint density at radius 2 is 1.36 bits per heavy atom. The first-order valence-electron chi connectivity index (χ1n) is 6.72. The molecule has 0 atom stereocenters. The number of benzene rings is 2. The lowest BCUT2D eigenvalue weighted by molar-refractivity contribution is -0.383. The lowest BCUT2D eigenvalue weighted by Gasteiger charge is -2.13. The molecule has 0 bridgehead atoms. The smallest absolute Gasteiger partial charge is 0.317 e. The molecule has 2 aromatic carbocycles. The van der Waals surface area contributed by atoms with E-state index in [1.165, 1.54) is 24.3 Å². The number of carbonyl (C=O) groups excluding carboxylic acids is 2. The highest BCUT2D eigenvalue weighted by atomic mass is 19.4. The maximum absolute atomic E-state index is 12.9. The van der Waals surface area contributed by atoms with Gasteiger partial charge >= 0.3 is 18.0 Å². The molecule has 0 unspecified atom stereocenters. The number of nitro groups is 1. The highest BCUT2D eigenvalue weighted by Gasteiger charge is 2.34. The lowest BCUT2D eigenvalue weighted by Crippen LogP contribution is -2.30. The maximum Gasteiger partial charge on any atom is 0.418 e. The van der Waals surface area contributed by atoms with Gasteiger partial charge in [0.05, 0.1) is 16.2 Å². The number of nitrogens with one attached hydrogen (secondary N) is 2. The molecule has 2 N–H and O–H groups in total. The first kappa shape index (κ1) is 17.9. The molecule has 0 heterocycles. The Morgan fingerprint density at radius 3 is 1.92 bits per heavy atom. The predicted octanol–water partition coefficient (Wildman–Crippen LogP) is 3.19. The number of nitrogens with zero attached hydrogens (tertiary/aromatic N) is 1. The van der Waals surface area contributed by atoms with Crippen molar-refractivity contribution in [2.24, 2.45) is 0 Å². The van der Waals surface area contributed by atoms with Crippen LogP contribution < -0.4 is 10.6 Å². The zero-order valence-corrected chi connectivity index (χ0v) is 12.3. The van der Waals surface area contributed by atoms with Crippen LogP contribution in [0.3, 0.4) is 0 Å². The monoisotopic (exact) mass is 353 g/mol. The molecule has 0 spiro atoms. The number of rotatable bonds is 3. The molecule has 7 nitrogen and oxygen atoms in total. The number of anilines is 2. The zero-order chi connectivity index (χ0) is 18.6. The summed E-state index contributed by atoms with van der Waals surface area (Å²) >= 11 is 0. The molecule has 130 valence electrons. The third kappa shape index (κ3) is 4.31. The third-order valence-corrected chi connectivity index (χ3v) is 3.04. The van der Waals surface area contributed by atoms with Crippen LogP contribution in [-0.4, -0.2) is 16.7 Å². The van der Waals surface area contributed by atoms with Crippen molar-refractivity contribution in [1.82, 2.24) is 0 Å². The minimum atomic E-state index is -4.72. The molecule has 0 aliphatic heterocycles. The second-order valence-corrected chi connectivity index (χ2v) is 4.73. The largest absolute Gasteiger partial charge is 0.418 e. The first-order valence-corrected chi connectivity index (χ1v) is 6.72. The second kappa shape index (κ2) is 6.99. The van der Waals surface area contributed by atoms with Crippen LogP contribution in [-0.2, 0) is 15.8 Å². The van der Waals surface area contributed by atoms with Gasteiger partial charge < -0.3 is 10.6 Å². The molecule has 0 saturated heterocycles. The van der Waals surface area contributed by atoms with Gasteiger partial charge in [-0.1, -0.05) is 24.3 Å². The molecule has 0 aliphatic carbocycles. The summed E-state index contributed by atoms with van der Waals surface area (Å²) in [5.41, 5.74) is -2.43. The molecule has 2 rings (SSSR count). The number of carbonyl (C=O) groups is 2. The summed E-state index contributed by atoms with van der Waals surface area (Å²) < 4.78 is 38.6. The van der Waals surface area contributed by atoms with E-state index in [2.05, 4.69) is 0 Å². The van der Waals surface area contributed by atoms with Crippen molar-refractivity contribution in [1.29, 1.82) is 0 Å². The van der Waals surface area contributed by atoms with Gasteiger partial charge in [-0.2, -0.15) is 13.2 Å². The van der Waals surface area contributed by atoms with Gasteiger partial charge in [-0.25, -0.2) is 0 Å². The Morgan fingerprint density at radius 1 is 0.880 bits per heavy atom. The second-order valence-electron chi connectivity index (χ2n) is 4.73. The van der Waals surface area contributed by atoms with E-state index in [1.54, 1.807) is 0 Å². The van der Waals surface area contributed by atoms with Gasteiger partial charge in [0.25, 0.3) is 5.69 Å².